The van der Waals surface area contributed by atoms with Crippen LogP contribution in [0.1, 0.15) is 68.6 Å². The summed E-state index contributed by atoms with van der Waals surface area (Å²) in [4.78, 5) is 49.5. The average Bonchev–Trinajstić information content (AvgIpc) is 2.83. The van der Waals surface area contributed by atoms with E-state index in [2.05, 4.69) is 10.6 Å². The predicted molar refractivity (Wildman–Crippen MR) is 135 cm³/mol. The Kier molecular flexibility index (Phi) is 8.93. The number of benzene rings is 1. The predicted octanol–water partition coefficient (Wildman–Crippen LogP) is 3.48. The Balaban J connectivity index is 1.21. The van der Waals surface area contributed by atoms with Gasteiger partial charge in [-0.1, -0.05) is 12.1 Å². The molecule has 4 bridgehead atoms. The summed E-state index contributed by atoms with van der Waals surface area (Å²) in [7, 11) is 0. The Morgan fingerprint density at radius 1 is 0.972 bits per heavy atom. The molecule has 4 aliphatic rings. The number of hydrogen-bond acceptors (Lipinski definition) is 7. The first kappa shape index (κ1) is 26.5. The zero-order valence-corrected chi connectivity index (χ0v) is 21.7. The molecule has 2 amide bonds. The van der Waals surface area contributed by atoms with E-state index in [0.717, 1.165) is 37.0 Å². The zero-order valence-electron chi connectivity index (χ0n) is 20.9. The quantitative estimate of drug-likeness (QED) is 0.249. The van der Waals surface area contributed by atoms with Gasteiger partial charge in [-0.2, -0.15) is 0 Å². The normalized spacial score (nSPS) is 25.8. The van der Waals surface area contributed by atoms with Gasteiger partial charge in [-0.05, 0) is 81.8 Å². The summed E-state index contributed by atoms with van der Waals surface area (Å²) >= 11 is 1.31. The van der Waals surface area contributed by atoms with Crippen molar-refractivity contribution in [2.45, 2.75) is 68.7 Å². The zero-order chi connectivity index (χ0) is 25.5. The highest BCUT2D eigenvalue weighted by Gasteiger charge is 2.51. The summed E-state index contributed by atoms with van der Waals surface area (Å²) in [6.07, 6.45) is 7.94. The molecule has 1 aromatic carbocycles. The maximum atomic E-state index is 12.9. The highest BCUT2D eigenvalue weighted by atomic mass is 32.2. The van der Waals surface area contributed by atoms with E-state index in [1.54, 1.807) is 25.1 Å². The molecule has 8 nitrogen and oxygen atoms in total. The largest absolute Gasteiger partial charge is 0.466 e. The Morgan fingerprint density at radius 3 is 2.31 bits per heavy atom. The van der Waals surface area contributed by atoms with Crippen molar-refractivity contribution in [3.05, 3.63) is 29.8 Å². The van der Waals surface area contributed by atoms with Crippen LogP contribution < -0.4 is 10.6 Å². The average molecular weight is 517 g/mol. The van der Waals surface area contributed by atoms with Crippen LogP contribution in [-0.2, 0) is 23.9 Å². The number of amides is 2. The van der Waals surface area contributed by atoms with E-state index < -0.39 is 18.5 Å². The lowest BCUT2D eigenvalue weighted by atomic mass is 9.53. The third-order valence-corrected chi connectivity index (χ3v) is 8.50. The maximum Gasteiger partial charge on any atom is 0.339 e. The summed E-state index contributed by atoms with van der Waals surface area (Å²) in [6, 6.07) is 6.96. The van der Waals surface area contributed by atoms with Crippen LogP contribution >= 0.6 is 11.8 Å². The lowest BCUT2D eigenvalue weighted by Gasteiger charge is -2.56. The summed E-state index contributed by atoms with van der Waals surface area (Å²) in [6.45, 7) is 1.95. The number of carbonyl (C=O) groups excluding carboxylic acids is 4. The molecule has 0 aliphatic heterocycles. The van der Waals surface area contributed by atoms with Crippen molar-refractivity contribution in [1.82, 2.24) is 10.6 Å². The summed E-state index contributed by atoms with van der Waals surface area (Å²) in [5.41, 5.74) is 0.300. The monoisotopic (exact) mass is 516 g/mol. The number of ether oxygens (including phenoxy) is 2. The van der Waals surface area contributed by atoms with Crippen LogP contribution in [0.2, 0.25) is 0 Å². The van der Waals surface area contributed by atoms with Gasteiger partial charge in [-0.3, -0.25) is 14.4 Å². The first-order chi connectivity index (χ1) is 17.4. The molecule has 0 spiro atoms. The van der Waals surface area contributed by atoms with Gasteiger partial charge in [0.25, 0.3) is 5.91 Å². The van der Waals surface area contributed by atoms with Gasteiger partial charge < -0.3 is 20.1 Å². The lowest BCUT2D eigenvalue weighted by Crippen LogP contribution is -2.60. The highest BCUT2D eigenvalue weighted by Crippen LogP contribution is 2.55. The first-order valence-corrected chi connectivity index (χ1v) is 14.0. The van der Waals surface area contributed by atoms with Crippen molar-refractivity contribution in [2.24, 2.45) is 17.8 Å². The molecule has 0 unspecified atom stereocenters. The molecule has 196 valence electrons. The number of hydrogen-bond donors (Lipinski definition) is 2. The van der Waals surface area contributed by atoms with Crippen LogP contribution in [0, 0.1) is 17.8 Å². The SMILES string of the molecule is CCOC(=O)CCCNC(=O)COC(=O)c1ccccc1SCC(=O)NC12CC3CC(CC(C3)C1)C2. The van der Waals surface area contributed by atoms with Gasteiger partial charge in [0.1, 0.15) is 0 Å². The molecule has 5 rings (SSSR count). The van der Waals surface area contributed by atoms with Crippen molar-refractivity contribution in [3.8, 4) is 0 Å². The highest BCUT2D eigenvalue weighted by molar-refractivity contribution is 8.00. The standard InChI is InChI=1S/C27H36N2O6S/c1-2-34-25(32)8-5-9-28-23(30)16-35-26(33)21-6-3-4-7-22(21)36-17-24(31)29-27-13-18-10-19(14-27)12-20(11-18)15-27/h3-4,6-7,18-20H,2,5,8-17H2,1H3,(H,28,30)(H,29,31). The molecular formula is C27H36N2O6S. The fraction of sp³-hybridized carbons (Fsp3) is 0.630. The van der Waals surface area contributed by atoms with E-state index >= 15 is 0 Å². The van der Waals surface area contributed by atoms with Gasteiger partial charge in [0.15, 0.2) is 6.61 Å². The van der Waals surface area contributed by atoms with Crippen LogP contribution in [-0.4, -0.2) is 54.8 Å². The van der Waals surface area contributed by atoms with Crippen LogP contribution in [0.25, 0.3) is 0 Å². The second-order valence-corrected chi connectivity index (χ2v) is 11.4. The minimum Gasteiger partial charge on any atom is -0.466 e. The Labute approximate surface area is 216 Å². The van der Waals surface area contributed by atoms with Gasteiger partial charge in [-0.25, -0.2) is 4.79 Å². The second kappa shape index (κ2) is 12.1. The van der Waals surface area contributed by atoms with E-state index in [4.69, 9.17) is 9.47 Å². The fourth-order valence-corrected chi connectivity index (χ4v) is 7.29. The minimum absolute atomic E-state index is 0.00677. The van der Waals surface area contributed by atoms with Gasteiger partial charge >= 0.3 is 11.9 Å². The Bertz CT molecular complexity index is 945. The Hall–Kier alpha value is -2.55. The van der Waals surface area contributed by atoms with Gasteiger partial charge in [0.2, 0.25) is 5.91 Å². The first-order valence-electron chi connectivity index (χ1n) is 13.0. The van der Waals surface area contributed by atoms with E-state index in [1.165, 1.54) is 31.0 Å². The molecule has 0 saturated heterocycles. The van der Waals surface area contributed by atoms with Crippen LogP contribution in [0.3, 0.4) is 0 Å². The molecule has 2 N–H and O–H groups in total. The fourth-order valence-electron chi connectivity index (χ4n) is 6.45. The smallest absolute Gasteiger partial charge is 0.339 e. The van der Waals surface area contributed by atoms with E-state index in [-0.39, 0.29) is 29.6 Å². The molecule has 36 heavy (non-hydrogen) atoms. The van der Waals surface area contributed by atoms with Crippen molar-refractivity contribution >= 4 is 35.5 Å². The number of carbonyl (C=O) groups is 4. The van der Waals surface area contributed by atoms with E-state index in [1.807, 2.05) is 6.07 Å². The number of esters is 2. The van der Waals surface area contributed by atoms with Crippen molar-refractivity contribution in [2.75, 3.05) is 25.5 Å². The van der Waals surface area contributed by atoms with Crippen molar-refractivity contribution < 1.29 is 28.7 Å². The minimum atomic E-state index is -0.610. The molecule has 0 atom stereocenters. The van der Waals surface area contributed by atoms with E-state index in [9.17, 15) is 19.2 Å². The molecule has 0 aromatic heterocycles. The van der Waals surface area contributed by atoms with Crippen LogP contribution in [0.5, 0.6) is 0 Å². The lowest BCUT2D eigenvalue weighted by molar-refractivity contribution is -0.143. The Morgan fingerprint density at radius 2 is 1.64 bits per heavy atom. The van der Waals surface area contributed by atoms with Crippen LogP contribution in [0.15, 0.2) is 29.2 Å². The van der Waals surface area contributed by atoms with Gasteiger partial charge in [-0.15, -0.1) is 11.8 Å². The summed E-state index contributed by atoms with van der Waals surface area (Å²) < 4.78 is 10.0. The van der Waals surface area contributed by atoms with E-state index in [0.29, 0.717) is 30.0 Å². The molecule has 4 aliphatic carbocycles. The topological polar surface area (TPSA) is 111 Å². The third kappa shape index (κ3) is 7.02. The van der Waals surface area contributed by atoms with Crippen LogP contribution in [0.4, 0.5) is 0 Å². The third-order valence-electron chi connectivity index (χ3n) is 7.43. The summed E-state index contributed by atoms with van der Waals surface area (Å²) in [5, 5.41) is 5.99. The van der Waals surface area contributed by atoms with Gasteiger partial charge in [0, 0.05) is 23.4 Å². The summed E-state index contributed by atoms with van der Waals surface area (Å²) in [5.74, 6) is 1.16. The molecular weight excluding hydrogens is 480 g/mol. The number of nitrogens with one attached hydrogen (secondary N) is 2. The van der Waals surface area contributed by atoms with Crippen molar-refractivity contribution in [3.63, 3.8) is 0 Å². The molecule has 0 heterocycles. The number of thioether (sulfide) groups is 1. The van der Waals surface area contributed by atoms with Crippen molar-refractivity contribution in [1.29, 1.82) is 0 Å². The number of rotatable bonds is 12. The molecule has 9 heteroatoms. The van der Waals surface area contributed by atoms with Gasteiger partial charge in [0.05, 0.1) is 17.9 Å². The molecule has 1 aromatic rings. The molecule has 4 saturated carbocycles. The maximum absolute atomic E-state index is 12.9. The molecule has 4 fully saturated rings. The second-order valence-electron chi connectivity index (χ2n) is 10.4. The molecule has 0 radical (unpaired) electrons.